The van der Waals surface area contributed by atoms with Crippen LogP contribution in [0.3, 0.4) is 0 Å². The minimum Gasteiger partial charge on any atom is -0.375 e. The Bertz CT molecular complexity index is 392. The van der Waals surface area contributed by atoms with Crippen molar-refractivity contribution in [3.63, 3.8) is 0 Å². The summed E-state index contributed by atoms with van der Waals surface area (Å²) in [5, 5.41) is 10.2. The Labute approximate surface area is 69.8 Å². The molecule has 1 aromatic heterocycles. The Morgan fingerprint density at radius 1 is 1.33 bits per heavy atom. The van der Waals surface area contributed by atoms with Crippen LogP contribution in [0.2, 0.25) is 0 Å². The molecular formula is C9H10N2O. The molecule has 4 N–H and O–H groups in total. The van der Waals surface area contributed by atoms with Crippen LogP contribution in [0.15, 0.2) is 30.5 Å². The van der Waals surface area contributed by atoms with Gasteiger partial charge in [-0.05, 0) is 12.1 Å². The number of fused-ring (bicyclic) bond motifs is 1. The van der Waals surface area contributed by atoms with Crippen LogP contribution in [0.4, 0.5) is 0 Å². The highest BCUT2D eigenvalue weighted by Crippen LogP contribution is 2.20. The van der Waals surface area contributed by atoms with Crippen molar-refractivity contribution in [2.24, 2.45) is 5.73 Å². The van der Waals surface area contributed by atoms with Crippen molar-refractivity contribution in [1.29, 1.82) is 0 Å². The van der Waals surface area contributed by atoms with E-state index < -0.39 is 6.23 Å². The van der Waals surface area contributed by atoms with E-state index in [0.29, 0.717) is 0 Å². The Balaban J connectivity index is 2.73. The SMILES string of the molecule is N[C@H](O)c1cccc2[nH]ccc12. The van der Waals surface area contributed by atoms with Crippen LogP contribution >= 0.6 is 0 Å². The largest absolute Gasteiger partial charge is 0.375 e. The van der Waals surface area contributed by atoms with Crippen molar-refractivity contribution in [3.8, 4) is 0 Å². The Hall–Kier alpha value is -1.32. The van der Waals surface area contributed by atoms with E-state index >= 15 is 0 Å². The van der Waals surface area contributed by atoms with E-state index in [0.717, 1.165) is 16.5 Å². The third-order valence-electron chi connectivity index (χ3n) is 1.95. The molecule has 12 heavy (non-hydrogen) atoms. The van der Waals surface area contributed by atoms with Crippen molar-refractivity contribution >= 4 is 10.9 Å². The molecule has 2 rings (SSSR count). The highest BCUT2D eigenvalue weighted by molar-refractivity contribution is 5.83. The number of aromatic amines is 1. The summed E-state index contributed by atoms with van der Waals surface area (Å²) in [6, 6.07) is 7.53. The first kappa shape index (κ1) is 7.34. The average molecular weight is 162 g/mol. The molecule has 3 nitrogen and oxygen atoms in total. The van der Waals surface area contributed by atoms with Gasteiger partial charge in [-0.2, -0.15) is 0 Å². The molecule has 1 aromatic carbocycles. The van der Waals surface area contributed by atoms with Gasteiger partial charge in [0, 0.05) is 22.7 Å². The number of hydrogen-bond donors (Lipinski definition) is 3. The zero-order valence-corrected chi connectivity index (χ0v) is 6.49. The lowest BCUT2D eigenvalue weighted by Crippen LogP contribution is -2.08. The predicted molar refractivity (Wildman–Crippen MR) is 47.4 cm³/mol. The van der Waals surface area contributed by atoms with Gasteiger partial charge in [0.05, 0.1) is 0 Å². The zero-order chi connectivity index (χ0) is 8.55. The lowest BCUT2D eigenvalue weighted by molar-refractivity contribution is 0.188. The van der Waals surface area contributed by atoms with Crippen LogP contribution < -0.4 is 5.73 Å². The smallest absolute Gasteiger partial charge is 0.129 e. The van der Waals surface area contributed by atoms with E-state index in [1.807, 2.05) is 30.5 Å². The molecule has 1 atom stereocenters. The van der Waals surface area contributed by atoms with Gasteiger partial charge in [0.15, 0.2) is 0 Å². The van der Waals surface area contributed by atoms with Gasteiger partial charge in [-0.3, -0.25) is 0 Å². The number of H-pyrrole nitrogens is 1. The first-order chi connectivity index (χ1) is 5.79. The molecule has 62 valence electrons. The van der Waals surface area contributed by atoms with E-state index in [2.05, 4.69) is 4.98 Å². The second-order valence-electron chi connectivity index (χ2n) is 2.73. The summed E-state index contributed by atoms with van der Waals surface area (Å²) in [5.74, 6) is 0. The van der Waals surface area contributed by atoms with Crippen LogP contribution in [-0.2, 0) is 0 Å². The number of aliphatic hydroxyl groups excluding tert-OH is 1. The normalized spacial score (nSPS) is 13.5. The summed E-state index contributed by atoms with van der Waals surface area (Å²) in [6.07, 6.45) is 0.931. The van der Waals surface area contributed by atoms with E-state index in [1.54, 1.807) is 0 Å². The predicted octanol–water partition coefficient (Wildman–Crippen LogP) is 1.12. The van der Waals surface area contributed by atoms with Crippen LogP contribution in [-0.4, -0.2) is 10.1 Å². The van der Waals surface area contributed by atoms with Gasteiger partial charge in [0.2, 0.25) is 0 Å². The lowest BCUT2D eigenvalue weighted by Gasteiger charge is -2.05. The molecule has 0 saturated heterocycles. The summed E-state index contributed by atoms with van der Waals surface area (Å²) >= 11 is 0. The molecule has 0 unspecified atom stereocenters. The molecule has 0 aliphatic rings. The summed E-state index contributed by atoms with van der Waals surface area (Å²) in [4.78, 5) is 3.05. The number of benzene rings is 1. The molecule has 0 radical (unpaired) electrons. The quantitative estimate of drug-likeness (QED) is 0.550. The number of nitrogens with one attached hydrogen (secondary N) is 1. The number of aromatic nitrogens is 1. The Kier molecular flexibility index (Phi) is 1.60. The maximum absolute atomic E-state index is 9.20. The van der Waals surface area contributed by atoms with E-state index in [9.17, 15) is 5.11 Å². The lowest BCUT2D eigenvalue weighted by atomic mass is 10.1. The molecule has 2 aromatic rings. The summed E-state index contributed by atoms with van der Waals surface area (Å²) < 4.78 is 0. The first-order valence-electron chi connectivity index (χ1n) is 3.78. The third kappa shape index (κ3) is 0.995. The molecule has 0 aliphatic carbocycles. The molecule has 3 heteroatoms. The molecule has 0 bridgehead atoms. The molecule has 0 saturated carbocycles. The summed E-state index contributed by atoms with van der Waals surface area (Å²) in [7, 11) is 0. The van der Waals surface area contributed by atoms with E-state index in [-0.39, 0.29) is 0 Å². The Morgan fingerprint density at radius 3 is 2.92 bits per heavy atom. The number of aliphatic hydroxyl groups is 1. The van der Waals surface area contributed by atoms with E-state index in [1.165, 1.54) is 0 Å². The van der Waals surface area contributed by atoms with Crippen LogP contribution in [0, 0.1) is 0 Å². The zero-order valence-electron chi connectivity index (χ0n) is 6.49. The molecular weight excluding hydrogens is 152 g/mol. The second kappa shape index (κ2) is 2.62. The fourth-order valence-corrected chi connectivity index (χ4v) is 1.37. The van der Waals surface area contributed by atoms with Gasteiger partial charge in [-0.15, -0.1) is 0 Å². The number of rotatable bonds is 1. The highest BCUT2D eigenvalue weighted by atomic mass is 16.3. The molecule has 0 spiro atoms. The van der Waals surface area contributed by atoms with Crippen LogP contribution in [0.1, 0.15) is 11.8 Å². The first-order valence-corrected chi connectivity index (χ1v) is 3.78. The fraction of sp³-hybridized carbons (Fsp3) is 0.111. The van der Waals surface area contributed by atoms with Crippen molar-refractivity contribution in [3.05, 3.63) is 36.0 Å². The molecule has 0 aliphatic heterocycles. The highest BCUT2D eigenvalue weighted by Gasteiger charge is 2.05. The molecule has 1 heterocycles. The number of hydrogen-bond acceptors (Lipinski definition) is 2. The van der Waals surface area contributed by atoms with Gasteiger partial charge >= 0.3 is 0 Å². The topological polar surface area (TPSA) is 62.0 Å². The van der Waals surface area contributed by atoms with Crippen molar-refractivity contribution in [1.82, 2.24) is 4.98 Å². The second-order valence-corrected chi connectivity index (χ2v) is 2.73. The van der Waals surface area contributed by atoms with Crippen molar-refractivity contribution < 1.29 is 5.11 Å². The monoisotopic (exact) mass is 162 g/mol. The van der Waals surface area contributed by atoms with Crippen molar-refractivity contribution in [2.75, 3.05) is 0 Å². The third-order valence-corrected chi connectivity index (χ3v) is 1.95. The minimum absolute atomic E-state index is 0.758. The van der Waals surface area contributed by atoms with Gasteiger partial charge in [0.1, 0.15) is 6.23 Å². The van der Waals surface area contributed by atoms with Gasteiger partial charge in [-0.25, -0.2) is 0 Å². The maximum Gasteiger partial charge on any atom is 0.129 e. The molecule has 0 fully saturated rings. The van der Waals surface area contributed by atoms with Gasteiger partial charge in [-0.1, -0.05) is 12.1 Å². The molecule has 0 amide bonds. The standard InChI is InChI=1S/C9H10N2O/c10-9(12)7-2-1-3-8-6(7)4-5-11-8/h1-5,9,11-12H,10H2/t9-/m1/s1. The Morgan fingerprint density at radius 2 is 2.17 bits per heavy atom. The van der Waals surface area contributed by atoms with Gasteiger partial charge in [0.25, 0.3) is 0 Å². The minimum atomic E-state index is -0.899. The average Bonchev–Trinajstić information content (AvgIpc) is 2.49. The van der Waals surface area contributed by atoms with Crippen LogP contribution in [0.5, 0.6) is 0 Å². The van der Waals surface area contributed by atoms with Gasteiger partial charge < -0.3 is 15.8 Å². The number of nitrogens with two attached hydrogens (primary N) is 1. The fourth-order valence-electron chi connectivity index (χ4n) is 1.37. The van der Waals surface area contributed by atoms with Crippen LogP contribution in [0.25, 0.3) is 10.9 Å². The van der Waals surface area contributed by atoms with Crippen molar-refractivity contribution in [2.45, 2.75) is 6.23 Å². The maximum atomic E-state index is 9.20. The van der Waals surface area contributed by atoms with E-state index in [4.69, 9.17) is 5.73 Å². The summed E-state index contributed by atoms with van der Waals surface area (Å²) in [6.45, 7) is 0. The summed E-state index contributed by atoms with van der Waals surface area (Å²) in [5.41, 5.74) is 7.14.